The fourth-order valence-electron chi connectivity index (χ4n) is 0.672. The van der Waals surface area contributed by atoms with Crippen LogP contribution in [0.25, 0.3) is 0 Å². The zero-order valence-electron chi connectivity index (χ0n) is 7.21. The molecule has 2 N–H and O–H groups in total. The smallest absolute Gasteiger partial charge is 0.384 e. The minimum atomic E-state index is -0.754. The van der Waals surface area contributed by atoms with Crippen molar-refractivity contribution < 1.29 is 9.53 Å². The van der Waals surface area contributed by atoms with Crippen molar-refractivity contribution in [2.75, 3.05) is 7.11 Å². The van der Waals surface area contributed by atoms with Crippen molar-refractivity contribution in [3.63, 3.8) is 0 Å². The fourth-order valence-corrected chi connectivity index (χ4v) is 0.672. The monoisotopic (exact) mass is 194 g/mol. The lowest BCUT2D eigenvalue weighted by atomic mass is 10.3. The minimum Gasteiger partial charge on any atom is -0.459 e. The predicted octanol–water partition coefficient (Wildman–Crippen LogP) is -1.41. The molecule has 6 heteroatoms. The first kappa shape index (κ1) is 9.80. The van der Waals surface area contributed by atoms with Crippen LogP contribution in [0.2, 0.25) is 0 Å². The van der Waals surface area contributed by atoms with Crippen LogP contribution in [0.15, 0.2) is 15.8 Å². The van der Waals surface area contributed by atoms with Crippen LogP contribution in [0.4, 0.5) is 0 Å². The molecular weight excluding hydrogens is 188 g/mol. The van der Waals surface area contributed by atoms with Crippen LogP contribution in [-0.4, -0.2) is 23.0 Å². The molecule has 0 amide bonds. The standard InChI is InChI=1S/C8H6N2O4/c1-14-6(11)3-2-5-4-9-8(13)10-7(5)12/h4H,1H3,(H2,9,10,12,13). The molecule has 72 valence electrons. The maximum atomic E-state index is 11.0. The Hall–Kier alpha value is -2.29. The lowest BCUT2D eigenvalue weighted by Gasteiger charge is -1.87. The van der Waals surface area contributed by atoms with E-state index in [1.807, 2.05) is 4.98 Å². The second-order valence-corrected chi connectivity index (χ2v) is 2.23. The van der Waals surface area contributed by atoms with Gasteiger partial charge in [-0.05, 0) is 5.92 Å². The molecule has 0 unspecified atom stereocenters. The van der Waals surface area contributed by atoms with E-state index in [4.69, 9.17) is 0 Å². The van der Waals surface area contributed by atoms with E-state index in [1.54, 1.807) is 0 Å². The van der Waals surface area contributed by atoms with Crippen LogP contribution in [0.3, 0.4) is 0 Å². The Balaban J connectivity index is 3.08. The first-order chi connectivity index (χ1) is 6.63. The number of carbonyl (C=O) groups is 1. The van der Waals surface area contributed by atoms with Gasteiger partial charge in [-0.2, -0.15) is 0 Å². The second-order valence-electron chi connectivity index (χ2n) is 2.23. The molecule has 1 rings (SSSR count). The summed E-state index contributed by atoms with van der Waals surface area (Å²) in [7, 11) is 1.17. The molecule has 0 aliphatic heterocycles. The summed E-state index contributed by atoms with van der Waals surface area (Å²) in [6, 6.07) is 0. The first-order valence-corrected chi connectivity index (χ1v) is 3.55. The Kier molecular flexibility index (Phi) is 2.86. The van der Waals surface area contributed by atoms with Crippen molar-refractivity contribution >= 4 is 5.97 Å². The van der Waals surface area contributed by atoms with Crippen LogP contribution < -0.4 is 11.2 Å². The number of nitrogens with one attached hydrogen (secondary N) is 2. The fraction of sp³-hybridized carbons (Fsp3) is 0.125. The van der Waals surface area contributed by atoms with Gasteiger partial charge < -0.3 is 9.72 Å². The van der Waals surface area contributed by atoms with E-state index in [9.17, 15) is 14.4 Å². The summed E-state index contributed by atoms with van der Waals surface area (Å²) in [6.07, 6.45) is 1.12. The topological polar surface area (TPSA) is 92.0 Å². The number of hydrogen-bond donors (Lipinski definition) is 2. The van der Waals surface area contributed by atoms with Crippen molar-refractivity contribution in [1.82, 2.24) is 9.97 Å². The van der Waals surface area contributed by atoms with Gasteiger partial charge in [0.2, 0.25) is 0 Å². The third-order valence-electron chi connectivity index (χ3n) is 1.30. The maximum Gasteiger partial charge on any atom is 0.384 e. The number of aromatic amines is 2. The van der Waals surface area contributed by atoms with Gasteiger partial charge in [-0.25, -0.2) is 9.59 Å². The van der Waals surface area contributed by atoms with E-state index >= 15 is 0 Å². The molecule has 0 saturated carbocycles. The summed E-state index contributed by atoms with van der Waals surface area (Å²) in [5.74, 6) is 3.55. The van der Waals surface area contributed by atoms with Gasteiger partial charge in [0, 0.05) is 12.1 Å². The van der Waals surface area contributed by atoms with E-state index in [0.717, 1.165) is 6.20 Å². The molecule has 0 aliphatic carbocycles. The minimum absolute atomic E-state index is 0.00463. The summed E-state index contributed by atoms with van der Waals surface area (Å²) in [6.45, 7) is 0. The molecule has 0 radical (unpaired) electrons. The summed E-state index contributed by atoms with van der Waals surface area (Å²) >= 11 is 0. The highest BCUT2D eigenvalue weighted by Crippen LogP contribution is 1.79. The maximum absolute atomic E-state index is 11.0. The van der Waals surface area contributed by atoms with E-state index in [0.29, 0.717) is 0 Å². The molecule has 0 fully saturated rings. The SMILES string of the molecule is COC(=O)C#Cc1c[nH]c(=O)[nH]c1=O. The number of esters is 1. The molecule has 0 bridgehead atoms. The van der Waals surface area contributed by atoms with Crippen LogP contribution in [0.1, 0.15) is 5.56 Å². The van der Waals surface area contributed by atoms with Crippen molar-refractivity contribution in [3.8, 4) is 11.8 Å². The molecule has 1 aromatic rings. The molecule has 0 aliphatic rings. The lowest BCUT2D eigenvalue weighted by Crippen LogP contribution is -2.23. The van der Waals surface area contributed by atoms with Crippen LogP contribution in [0.5, 0.6) is 0 Å². The molecule has 0 atom stereocenters. The highest BCUT2D eigenvalue weighted by atomic mass is 16.5. The highest BCUT2D eigenvalue weighted by molar-refractivity contribution is 5.88. The number of methoxy groups -OCH3 is 1. The zero-order chi connectivity index (χ0) is 10.6. The van der Waals surface area contributed by atoms with E-state index < -0.39 is 17.2 Å². The van der Waals surface area contributed by atoms with Gasteiger partial charge in [0.15, 0.2) is 0 Å². The average molecular weight is 194 g/mol. The summed E-state index contributed by atoms with van der Waals surface area (Å²) < 4.78 is 4.24. The molecule has 1 aromatic heterocycles. The van der Waals surface area contributed by atoms with Crippen LogP contribution >= 0.6 is 0 Å². The van der Waals surface area contributed by atoms with Gasteiger partial charge in [-0.15, -0.1) is 0 Å². The first-order valence-electron chi connectivity index (χ1n) is 3.55. The summed E-state index contributed by atoms with van der Waals surface area (Å²) in [5.41, 5.74) is -1.28. The normalized spacial score (nSPS) is 8.64. The second kappa shape index (κ2) is 4.09. The van der Waals surface area contributed by atoms with Crippen molar-refractivity contribution in [1.29, 1.82) is 0 Å². The van der Waals surface area contributed by atoms with Gasteiger partial charge in [-0.1, -0.05) is 0 Å². The van der Waals surface area contributed by atoms with Gasteiger partial charge in [0.25, 0.3) is 5.56 Å². The average Bonchev–Trinajstić information content (AvgIpc) is 2.16. The quantitative estimate of drug-likeness (QED) is 0.392. The number of hydrogen-bond acceptors (Lipinski definition) is 4. The van der Waals surface area contributed by atoms with Gasteiger partial charge in [0.05, 0.1) is 7.11 Å². The molecule has 1 heterocycles. The van der Waals surface area contributed by atoms with Crippen molar-refractivity contribution in [2.45, 2.75) is 0 Å². The number of ether oxygens (including phenoxy) is 1. The molecule has 0 spiro atoms. The number of carbonyl (C=O) groups excluding carboxylic acids is 1. The zero-order valence-corrected chi connectivity index (χ0v) is 7.21. The van der Waals surface area contributed by atoms with Crippen LogP contribution in [-0.2, 0) is 9.53 Å². The van der Waals surface area contributed by atoms with Gasteiger partial charge in [0.1, 0.15) is 5.56 Å². The lowest BCUT2D eigenvalue weighted by molar-refractivity contribution is -0.133. The Bertz CT molecular complexity index is 514. The Morgan fingerprint density at radius 2 is 2.21 bits per heavy atom. The number of H-pyrrole nitrogens is 2. The molecular formula is C8H6N2O4. The molecule has 0 aromatic carbocycles. The predicted molar refractivity (Wildman–Crippen MR) is 46.6 cm³/mol. The van der Waals surface area contributed by atoms with E-state index in [2.05, 4.69) is 21.6 Å². The largest absolute Gasteiger partial charge is 0.459 e. The number of rotatable bonds is 0. The molecule has 0 saturated heterocycles. The third-order valence-corrected chi connectivity index (χ3v) is 1.30. The van der Waals surface area contributed by atoms with Gasteiger partial charge >= 0.3 is 11.7 Å². The highest BCUT2D eigenvalue weighted by Gasteiger charge is 1.96. The van der Waals surface area contributed by atoms with Crippen molar-refractivity contribution in [2.24, 2.45) is 0 Å². The Morgan fingerprint density at radius 3 is 2.79 bits per heavy atom. The molecule has 6 nitrogen and oxygen atoms in total. The van der Waals surface area contributed by atoms with E-state index in [-0.39, 0.29) is 5.56 Å². The van der Waals surface area contributed by atoms with Crippen molar-refractivity contribution in [3.05, 3.63) is 32.6 Å². The Labute approximate surface area is 77.9 Å². The number of aromatic nitrogens is 2. The van der Waals surface area contributed by atoms with Gasteiger partial charge in [-0.3, -0.25) is 9.78 Å². The van der Waals surface area contributed by atoms with E-state index in [1.165, 1.54) is 7.11 Å². The summed E-state index contributed by atoms with van der Waals surface area (Å²) in [5, 5.41) is 0. The Morgan fingerprint density at radius 1 is 1.50 bits per heavy atom. The third kappa shape index (κ3) is 2.35. The van der Waals surface area contributed by atoms with Crippen LogP contribution in [0, 0.1) is 11.8 Å². The summed E-state index contributed by atoms with van der Waals surface area (Å²) in [4.78, 5) is 36.4. The molecule has 14 heavy (non-hydrogen) atoms.